The van der Waals surface area contributed by atoms with Gasteiger partial charge in [0.15, 0.2) is 0 Å². The van der Waals surface area contributed by atoms with E-state index in [0.29, 0.717) is 13.0 Å². The van der Waals surface area contributed by atoms with E-state index in [4.69, 9.17) is 5.11 Å². The van der Waals surface area contributed by atoms with Gasteiger partial charge in [-0.1, -0.05) is 32.6 Å². The fourth-order valence-corrected chi connectivity index (χ4v) is 1.98. The number of rotatable bonds is 13. The summed E-state index contributed by atoms with van der Waals surface area (Å²) in [7, 11) is 0. The molecule has 0 aromatic carbocycles. The molecule has 0 fully saturated rings. The van der Waals surface area contributed by atoms with Crippen molar-refractivity contribution in [1.82, 2.24) is 4.90 Å². The van der Waals surface area contributed by atoms with Crippen molar-refractivity contribution >= 4 is 11.9 Å². The molecule has 22 heavy (non-hydrogen) atoms. The number of aliphatic carboxylic acids is 1. The number of aliphatic hydroxyl groups excluding tert-OH is 1. The summed E-state index contributed by atoms with van der Waals surface area (Å²) in [5.74, 6) is -1.04. The van der Waals surface area contributed by atoms with Gasteiger partial charge in [-0.3, -0.25) is 14.7 Å². The van der Waals surface area contributed by atoms with Crippen LogP contribution >= 0.6 is 0 Å². The third-order valence-corrected chi connectivity index (χ3v) is 3.11. The molecule has 0 radical (unpaired) electrons. The zero-order chi connectivity index (χ0) is 16.1. The van der Waals surface area contributed by atoms with Crippen molar-refractivity contribution in [2.75, 3.05) is 19.8 Å². The van der Waals surface area contributed by atoms with Crippen molar-refractivity contribution in [1.29, 1.82) is 0 Å². The molecule has 0 aliphatic heterocycles. The molecule has 0 heterocycles. The first kappa shape index (κ1) is 24.1. The van der Waals surface area contributed by atoms with Crippen molar-refractivity contribution in [3.63, 3.8) is 0 Å². The van der Waals surface area contributed by atoms with E-state index in [1.807, 2.05) is 0 Å². The topological polar surface area (TPSA) is 96.2 Å². The van der Waals surface area contributed by atoms with E-state index < -0.39 is 12.1 Å². The molecular formula is C15H29N2NaO4. The van der Waals surface area contributed by atoms with Gasteiger partial charge >= 0.3 is 35.5 Å². The molecule has 0 amide bonds. The smallest absolute Gasteiger partial charge is 0.862 e. The van der Waals surface area contributed by atoms with E-state index >= 15 is 0 Å². The molecule has 0 aromatic rings. The number of carboxylic acids is 1. The van der Waals surface area contributed by atoms with Crippen LogP contribution in [0.15, 0.2) is 4.99 Å². The van der Waals surface area contributed by atoms with Crippen LogP contribution in [0.3, 0.4) is 0 Å². The van der Waals surface area contributed by atoms with Crippen LogP contribution in [0.5, 0.6) is 0 Å². The maximum Gasteiger partial charge on any atom is 1.00 e. The van der Waals surface area contributed by atoms with Crippen LogP contribution in [-0.2, 0) is 4.79 Å². The minimum absolute atomic E-state index is 0. The maximum absolute atomic E-state index is 11.6. The van der Waals surface area contributed by atoms with Crippen LogP contribution in [0.25, 0.3) is 0 Å². The van der Waals surface area contributed by atoms with Crippen molar-refractivity contribution < 1.29 is 49.7 Å². The average Bonchev–Trinajstić information content (AvgIpc) is 2.41. The first-order valence-electron chi connectivity index (χ1n) is 7.78. The summed E-state index contributed by atoms with van der Waals surface area (Å²) >= 11 is 0. The number of hydrogen-bond acceptors (Lipinski definition) is 5. The minimum atomic E-state index is -0.896. The van der Waals surface area contributed by atoms with Crippen LogP contribution in [0.1, 0.15) is 58.8 Å². The maximum atomic E-state index is 11.6. The summed E-state index contributed by atoms with van der Waals surface area (Å²) in [4.78, 5) is 16.2. The molecule has 0 rings (SSSR count). The first-order chi connectivity index (χ1) is 9.95. The normalized spacial score (nSPS) is 13.0. The fourth-order valence-electron chi connectivity index (χ4n) is 1.98. The third kappa shape index (κ3) is 16.2. The van der Waals surface area contributed by atoms with Crippen LogP contribution < -0.4 is 34.7 Å². The predicted octanol–water partition coefficient (Wildman–Crippen LogP) is -1.78. The van der Waals surface area contributed by atoms with Crippen molar-refractivity contribution in [2.24, 2.45) is 4.99 Å². The Morgan fingerprint density at radius 1 is 1.23 bits per heavy atom. The second-order valence-corrected chi connectivity index (χ2v) is 5.43. The van der Waals surface area contributed by atoms with Gasteiger partial charge in [0, 0.05) is 13.1 Å². The van der Waals surface area contributed by atoms with E-state index in [2.05, 4.69) is 11.9 Å². The number of aliphatic hydroxyl groups is 1. The van der Waals surface area contributed by atoms with Crippen molar-refractivity contribution in [3.05, 3.63) is 0 Å². The Balaban J connectivity index is 0. The molecule has 0 saturated carbocycles. The Hall–Kier alpha value is -0.140. The van der Waals surface area contributed by atoms with E-state index in [1.54, 1.807) is 11.8 Å². The number of carbonyl (C=O) groups is 1. The first-order valence-corrected chi connectivity index (χ1v) is 7.78. The Labute approximate surface area is 155 Å². The molecule has 6 nitrogen and oxygen atoms in total. The SMILES string of the molecule is CCCCCCCC([O-])=NCN(CCC(=O)O)CC(C)O.[Na+]. The van der Waals surface area contributed by atoms with Gasteiger partial charge in [-0.05, 0) is 25.7 Å². The van der Waals surface area contributed by atoms with Gasteiger partial charge in [-0.2, -0.15) is 0 Å². The Bertz CT molecular complexity index is 312. The van der Waals surface area contributed by atoms with Crippen molar-refractivity contribution in [3.8, 4) is 0 Å². The number of unbranched alkanes of at least 4 members (excludes halogenated alkanes) is 4. The molecule has 0 bridgehead atoms. The molecule has 2 N–H and O–H groups in total. The van der Waals surface area contributed by atoms with Gasteiger partial charge in [-0.15, -0.1) is 0 Å². The summed E-state index contributed by atoms with van der Waals surface area (Å²) in [6.45, 7) is 4.54. The Kier molecular flexibility index (Phi) is 17.3. The molecular weight excluding hydrogens is 295 g/mol. The fraction of sp³-hybridized carbons (Fsp3) is 0.867. The minimum Gasteiger partial charge on any atom is -0.862 e. The van der Waals surface area contributed by atoms with Crippen LogP contribution in [0, 0.1) is 0 Å². The molecule has 1 unspecified atom stereocenters. The van der Waals surface area contributed by atoms with Gasteiger partial charge < -0.3 is 15.3 Å². The summed E-state index contributed by atoms with van der Waals surface area (Å²) < 4.78 is 0. The van der Waals surface area contributed by atoms with Gasteiger partial charge in [0.05, 0.1) is 19.2 Å². The quantitative estimate of drug-likeness (QED) is 0.181. The monoisotopic (exact) mass is 324 g/mol. The largest absolute Gasteiger partial charge is 1.00 e. The summed E-state index contributed by atoms with van der Waals surface area (Å²) in [6.07, 6.45) is 5.28. The third-order valence-electron chi connectivity index (χ3n) is 3.11. The van der Waals surface area contributed by atoms with Crippen LogP contribution in [0.4, 0.5) is 0 Å². The molecule has 1 atom stereocenters. The number of hydrogen-bond donors (Lipinski definition) is 2. The second-order valence-electron chi connectivity index (χ2n) is 5.43. The summed E-state index contributed by atoms with van der Waals surface area (Å²) in [5, 5.41) is 29.7. The average molecular weight is 324 g/mol. The van der Waals surface area contributed by atoms with E-state index in [-0.39, 0.29) is 55.1 Å². The van der Waals surface area contributed by atoms with Crippen LogP contribution in [0.2, 0.25) is 0 Å². The zero-order valence-electron chi connectivity index (χ0n) is 14.3. The van der Waals surface area contributed by atoms with Gasteiger partial charge in [0.25, 0.3) is 0 Å². The molecule has 0 aliphatic carbocycles. The second kappa shape index (κ2) is 15.7. The molecule has 7 heteroatoms. The summed E-state index contributed by atoms with van der Waals surface area (Å²) in [5.41, 5.74) is 0. The molecule has 0 spiro atoms. The predicted molar refractivity (Wildman–Crippen MR) is 81.2 cm³/mol. The molecule has 0 aliphatic rings. The molecule has 0 saturated heterocycles. The van der Waals surface area contributed by atoms with Crippen molar-refractivity contribution in [2.45, 2.75) is 64.9 Å². The van der Waals surface area contributed by atoms with Gasteiger partial charge in [0.2, 0.25) is 0 Å². The molecule has 124 valence electrons. The Morgan fingerprint density at radius 3 is 2.41 bits per heavy atom. The van der Waals surface area contributed by atoms with E-state index in [1.165, 1.54) is 12.8 Å². The number of carboxylic acid groups (broad SMARTS) is 1. The number of nitrogens with zero attached hydrogens (tertiary/aromatic N) is 2. The zero-order valence-corrected chi connectivity index (χ0v) is 16.3. The summed E-state index contributed by atoms with van der Waals surface area (Å²) in [6, 6.07) is 0. The number of aliphatic imine (C=N–C) groups is 1. The van der Waals surface area contributed by atoms with E-state index in [9.17, 15) is 15.0 Å². The molecule has 0 aromatic heterocycles. The van der Waals surface area contributed by atoms with Gasteiger partial charge in [-0.25, -0.2) is 0 Å². The van der Waals surface area contributed by atoms with E-state index in [0.717, 1.165) is 19.3 Å². The van der Waals surface area contributed by atoms with Gasteiger partial charge in [0.1, 0.15) is 0 Å². The standard InChI is InChI=1S/C15H30N2O4.Na/c1-3-4-5-6-7-8-14(19)16-12-17(11-13(2)18)10-9-15(20)21;/h13,18H,3-12H2,1-2H3,(H,16,19)(H,20,21);/q;+1/p-1. The van der Waals surface area contributed by atoms with Crippen LogP contribution in [-0.4, -0.2) is 52.8 Å². The Morgan fingerprint density at radius 2 is 1.86 bits per heavy atom.